The Labute approximate surface area is 127 Å². The minimum Gasteiger partial charge on any atom is -0.451 e. The van der Waals surface area contributed by atoms with Crippen molar-refractivity contribution in [3.63, 3.8) is 0 Å². The van der Waals surface area contributed by atoms with E-state index in [4.69, 9.17) is 9.26 Å². The molecule has 120 valence electrons. The van der Waals surface area contributed by atoms with Crippen molar-refractivity contribution >= 4 is 23.6 Å². The summed E-state index contributed by atoms with van der Waals surface area (Å²) in [6.07, 6.45) is 0.312. The van der Waals surface area contributed by atoms with E-state index in [1.807, 2.05) is 0 Å². The second kappa shape index (κ2) is 6.59. The van der Waals surface area contributed by atoms with E-state index in [0.717, 1.165) is 6.42 Å². The number of likely N-dealkylation sites (tertiary alicyclic amines) is 1. The van der Waals surface area contributed by atoms with Gasteiger partial charge in [-0.3, -0.25) is 9.59 Å². The monoisotopic (exact) mass is 309 g/mol. The van der Waals surface area contributed by atoms with Gasteiger partial charge in [-0.1, -0.05) is 5.16 Å². The second-order valence-corrected chi connectivity index (χ2v) is 5.26. The molecule has 1 saturated heterocycles. The minimum atomic E-state index is -0.987. The van der Waals surface area contributed by atoms with Crippen molar-refractivity contribution in [1.29, 1.82) is 0 Å². The maximum Gasteiger partial charge on any atom is 0.329 e. The number of carbonyl (C=O) groups is 3. The highest BCUT2D eigenvalue weighted by atomic mass is 16.5. The molecule has 8 heteroatoms. The number of ether oxygens (including phenoxy) is 1. The molecule has 1 N–H and O–H groups in total. The van der Waals surface area contributed by atoms with Gasteiger partial charge in [-0.2, -0.15) is 0 Å². The maximum absolute atomic E-state index is 12.1. The van der Waals surface area contributed by atoms with Crippen LogP contribution in [0, 0.1) is 6.92 Å². The fraction of sp³-hybridized carbons (Fsp3) is 0.571. The lowest BCUT2D eigenvalue weighted by Crippen LogP contribution is -2.42. The molecule has 1 aliphatic heterocycles. The number of anilines is 1. The predicted octanol–water partition coefficient (Wildman–Crippen LogP) is 0.864. The third kappa shape index (κ3) is 3.63. The number of rotatable bonds is 4. The Morgan fingerprint density at radius 1 is 1.50 bits per heavy atom. The molecule has 0 saturated carbocycles. The highest BCUT2D eigenvalue weighted by Gasteiger charge is 2.35. The molecule has 8 nitrogen and oxygen atoms in total. The van der Waals surface area contributed by atoms with E-state index >= 15 is 0 Å². The normalized spacial score (nSPS) is 18.9. The van der Waals surface area contributed by atoms with E-state index in [2.05, 4.69) is 10.5 Å². The average molecular weight is 309 g/mol. The highest BCUT2D eigenvalue weighted by molar-refractivity contribution is 5.95. The van der Waals surface area contributed by atoms with E-state index in [1.54, 1.807) is 13.0 Å². The molecule has 2 amide bonds. The van der Waals surface area contributed by atoms with Gasteiger partial charge in [0.15, 0.2) is 11.9 Å². The quantitative estimate of drug-likeness (QED) is 0.828. The number of nitrogens with zero attached hydrogens (tertiary/aromatic N) is 2. The van der Waals surface area contributed by atoms with Crippen LogP contribution < -0.4 is 5.32 Å². The Bertz CT molecular complexity index is 583. The highest BCUT2D eigenvalue weighted by Crippen LogP contribution is 2.19. The number of aromatic nitrogens is 1. The third-order valence-electron chi connectivity index (χ3n) is 3.47. The van der Waals surface area contributed by atoms with Crippen LogP contribution in [0.3, 0.4) is 0 Å². The van der Waals surface area contributed by atoms with Crippen LogP contribution in [-0.2, 0) is 19.1 Å². The molecule has 0 unspecified atom stereocenters. The number of aryl methyl sites for hydroxylation is 1. The zero-order valence-corrected chi connectivity index (χ0v) is 12.8. The molecule has 1 fully saturated rings. The smallest absolute Gasteiger partial charge is 0.329 e. The maximum atomic E-state index is 12.1. The standard InChI is InChI=1S/C14H19N3O5/c1-8-7-12(16-22-8)15-13(19)9(2)21-14(20)11-5-4-6-17(11)10(3)18/h7,9,11H,4-6H2,1-3H3,(H,15,16,19)/t9-,11-/m0/s1. The number of hydrogen-bond acceptors (Lipinski definition) is 6. The van der Waals surface area contributed by atoms with Gasteiger partial charge in [-0.05, 0) is 26.7 Å². The number of esters is 1. The van der Waals surface area contributed by atoms with Crippen molar-refractivity contribution in [2.24, 2.45) is 0 Å². The summed E-state index contributed by atoms with van der Waals surface area (Å²) in [4.78, 5) is 36.9. The molecule has 2 rings (SSSR count). The number of nitrogens with one attached hydrogen (secondary N) is 1. The first-order chi connectivity index (χ1) is 10.4. The Balaban J connectivity index is 1.90. The zero-order valence-electron chi connectivity index (χ0n) is 12.8. The first-order valence-corrected chi connectivity index (χ1v) is 7.10. The molecule has 0 radical (unpaired) electrons. The van der Waals surface area contributed by atoms with Crippen LogP contribution in [0.15, 0.2) is 10.6 Å². The lowest BCUT2D eigenvalue weighted by molar-refractivity contribution is -0.159. The second-order valence-electron chi connectivity index (χ2n) is 5.26. The molecule has 0 aromatic carbocycles. The van der Waals surface area contributed by atoms with Gasteiger partial charge in [0.05, 0.1) is 0 Å². The average Bonchev–Trinajstić information content (AvgIpc) is 3.07. The molecular formula is C14H19N3O5. The number of hydrogen-bond donors (Lipinski definition) is 1. The van der Waals surface area contributed by atoms with Crippen molar-refractivity contribution in [2.45, 2.75) is 45.8 Å². The Hall–Kier alpha value is -2.38. The van der Waals surface area contributed by atoms with E-state index < -0.39 is 24.0 Å². The fourth-order valence-corrected chi connectivity index (χ4v) is 2.35. The SMILES string of the molecule is CC(=O)N1CCC[C@H]1C(=O)O[C@@H](C)C(=O)Nc1cc(C)on1. The summed E-state index contributed by atoms with van der Waals surface area (Å²) in [5.41, 5.74) is 0. The van der Waals surface area contributed by atoms with Crippen molar-refractivity contribution in [3.05, 3.63) is 11.8 Å². The van der Waals surface area contributed by atoms with Crippen LogP contribution in [0.4, 0.5) is 5.82 Å². The third-order valence-corrected chi connectivity index (χ3v) is 3.47. The molecule has 0 aliphatic carbocycles. The Morgan fingerprint density at radius 3 is 2.82 bits per heavy atom. The van der Waals surface area contributed by atoms with Crippen LogP contribution in [0.5, 0.6) is 0 Å². The largest absolute Gasteiger partial charge is 0.451 e. The molecule has 2 heterocycles. The summed E-state index contributed by atoms with van der Waals surface area (Å²) in [5, 5.41) is 6.12. The number of carbonyl (C=O) groups excluding carboxylic acids is 3. The summed E-state index contributed by atoms with van der Waals surface area (Å²) in [7, 11) is 0. The van der Waals surface area contributed by atoms with Gasteiger partial charge in [-0.15, -0.1) is 0 Å². The van der Waals surface area contributed by atoms with Gasteiger partial charge in [0.25, 0.3) is 5.91 Å². The van der Waals surface area contributed by atoms with Crippen molar-refractivity contribution in [1.82, 2.24) is 10.1 Å². The van der Waals surface area contributed by atoms with Crippen molar-refractivity contribution < 1.29 is 23.6 Å². The van der Waals surface area contributed by atoms with Gasteiger partial charge in [0, 0.05) is 19.5 Å². The molecule has 0 bridgehead atoms. The number of amides is 2. The van der Waals surface area contributed by atoms with Crippen LogP contribution >= 0.6 is 0 Å². The predicted molar refractivity (Wildman–Crippen MR) is 75.8 cm³/mol. The summed E-state index contributed by atoms with van der Waals surface area (Å²) in [6.45, 7) is 5.11. The molecule has 22 heavy (non-hydrogen) atoms. The molecule has 1 aliphatic rings. The van der Waals surface area contributed by atoms with Crippen LogP contribution in [0.25, 0.3) is 0 Å². The summed E-state index contributed by atoms with van der Waals surface area (Å²) >= 11 is 0. The van der Waals surface area contributed by atoms with Gasteiger partial charge in [0.2, 0.25) is 5.91 Å². The van der Waals surface area contributed by atoms with Crippen LogP contribution in [-0.4, -0.2) is 46.5 Å². The first kappa shape index (κ1) is 16.0. The topological polar surface area (TPSA) is 102 Å². The Morgan fingerprint density at radius 2 is 2.23 bits per heavy atom. The molecular weight excluding hydrogens is 290 g/mol. The van der Waals surface area contributed by atoms with E-state index in [0.29, 0.717) is 18.7 Å². The lowest BCUT2D eigenvalue weighted by Gasteiger charge is -2.23. The minimum absolute atomic E-state index is 0.172. The molecule has 0 spiro atoms. The summed E-state index contributed by atoms with van der Waals surface area (Å²) in [6, 6.07) is 0.947. The van der Waals surface area contributed by atoms with Crippen molar-refractivity contribution in [3.8, 4) is 0 Å². The summed E-state index contributed by atoms with van der Waals surface area (Å²) in [5.74, 6) is -0.421. The first-order valence-electron chi connectivity index (χ1n) is 7.10. The van der Waals surface area contributed by atoms with Gasteiger partial charge >= 0.3 is 5.97 Å². The van der Waals surface area contributed by atoms with E-state index in [9.17, 15) is 14.4 Å². The van der Waals surface area contributed by atoms with Crippen molar-refractivity contribution in [2.75, 3.05) is 11.9 Å². The van der Waals surface area contributed by atoms with Gasteiger partial charge in [-0.25, -0.2) is 4.79 Å². The Kier molecular flexibility index (Phi) is 4.79. The van der Waals surface area contributed by atoms with E-state index in [-0.39, 0.29) is 11.7 Å². The van der Waals surface area contributed by atoms with Crippen LogP contribution in [0.1, 0.15) is 32.4 Å². The van der Waals surface area contributed by atoms with Gasteiger partial charge < -0.3 is 19.5 Å². The fourth-order valence-electron chi connectivity index (χ4n) is 2.35. The zero-order chi connectivity index (χ0) is 16.3. The lowest BCUT2D eigenvalue weighted by atomic mass is 10.2. The molecule has 2 atom stereocenters. The van der Waals surface area contributed by atoms with Crippen LogP contribution in [0.2, 0.25) is 0 Å². The molecule has 1 aromatic rings. The molecule has 1 aromatic heterocycles. The summed E-state index contributed by atoms with van der Waals surface area (Å²) < 4.78 is 9.98. The van der Waals surface area contributed by atoms with E-state index in [1.165, 1.54) is 18.7 Å². The van der Waals surface area contributed by atoms with Gasteiger partial charge in [0.1, 0.15) is 11.8 Å².